The minimum atomic E-state index is -3.78. The van der Waals surface area contributed by atoms with Crippen LogP contribution in [0.1, 0.15) is 37.9 Å². The van der Waals surface area contributed by atoms with Gasteiger partial charge in [-0.25, -0.2) is 13.2 Å². The number of sulfonamides is 1. The number of carbonyl (C=O) groups excluding carboxylic acids is 1. The fourth-order valence-electron chi connectivity index (χ4n) is 2.80. The van der Waals surface area contributed by atoms with Gasteiger partial charge in [-0.2, -0.15) is 4.72 Å². The van der Waals surface area contributed by atoms with E-state index in [0.29, 0.717) is 11.1 Å². The summed E-state index contributed by atoms with van der Waals surface area (Å²) >= 11 is 1.60. The highest BCUT2D eigenvalue weighted by atomic mass is 32.2. The summed E-state index contributed by atoms with van der Waals surface area (Å²) in [6, 6.07) is 15.1. The normalized spacial score (nSPS) is 13.4. The highest BCUT2D eigenvalue weighted by molar-refractivity contribution is 7.88. The van der Waals surface area contributed by atoms with Crippen molar-refractivity contribution in [1.82, 2.24) is 4.72 Å². The first-order valence-electron chi connectivity index (χ1n) is 8.87. The van der Waals surface area contributed by atoms with E-state index in [2.05, 4.69) is 4.72 Å². The molecule has 1 atom stereocenters. The third-order valence-electron chi connectivity index (χ3n) is 3.95. The van der Waals surface area contributed by atoms with Gasteiger partial charge in [-0.1, -0.05) is 36.4 Å². The summed E-state index contributed by atoms with van der Waals surface area (Å²) in [4.78, 5) is 12.7. The fourth-order valence-corrected chi connectivity index (χ4v) is 4.87. The summed E-state index contributed by atoms with van der Waals surface area (Å²) < 4.78 is 34.7. The van der Waals surface area contributed by atoms with Crippen molar-refractivity contribution in [3.63, 3.8) is 0 Å². The number of hydrogen-bond donors (Lipinski definition) is 1. The van der Waals surface area contributed by atoms with E-state index in [0.717, 1.165) is 10.1 Å². The zero-order valence-corrected chi connectivity index (χ0v) is 17.6. The van der Waals surface area contributed by atoms with Gasteiger partial charge in [0, 0.05) is 4.70 Å². The number of ether oxygens (including phenoxy) is 1. The molecule has 0 spiro atoms. The zero-order chi connectivity index (χ0) is 20.4. The molecule has 0 radical (unpaired) electrons. The van der Waals surface area contributed by atoms with E-state index in [-0.39, 0.29) is 5.75 Å². The maximum Gasteiger partial charge on any atom is 0.329 e. The number of benzene rings is 2. The van der Waals surface area contributed by atoms with Crippen molar-refractivity contribution >= 4 is 37.4 Å². The lowest BCUT2D eigenvalue weighted by atomic mass is 10.1. The van der Waals surface area contributed by atoms with Crippen LogP contribution in [0.25, 0.3) is 10.1 Å². The van der Waals surface area contributed by atoms with Crippen molar-refractivity contribution in [2.45, 2.75) is 38.2 Å². The fraction of sp³-hybridized carbons (Fsp3) is 0.286. The summed E-state index contributed by atoms with van der Waals surface area (Å²) in [5, 5.41) is 2.97. The standard InChI is InChI=1S/C21H23NO4S2/c1-21(2,3)26-20(23)19(16-7-5-4-6-8-16)22-28(24,25)14-15-9-10-18-17(13-15)11-12-27-18/h4-13,19,22H,14H2,1-3H3/t19-/m1/s1. The van der Waals surface area contributed by atoms with E-state index >= 15 is 0 Å². The molecule has 0 aliphatic heterocycles. The Balaban J connectivity index is 1.84. The van der Waals surface area contributed by atoms with E-state index < -0.39 is 27.6 Å². The molecule has 1 heterocycles. The molecule has 0 fully saturated rings. The lowest BCUT2D eigenvalue weighted by molar-refractivity contribution is -0.157. The van der Waals surface area contributed by atoms with Crippen LogP contribution in [0.2, 0.25) is 0 Å². The van der Waals surface area contributed by atoms with Gasteiger partial charge in [-0.15, -0.1) is 11.3 Å². The van der Waals surface area contributed by atoms with Crippen molar-refractivity contribution in [3.8, 4) is 0 Å². The molecule has 0 amide bonds. The molecule has 0 bridgehead atoms. The smallest absolute Gasteiger partial charge is 0.329 e. The molecule has 0 aliphatic carbocycles. The van der Waals surface area contributed by atoms with E-state index in [1.807, 2.05) is 23.6 Å². The Kier molecular flexibility index (Phi) is 5.88. The molecule has 1 N–H and O–H groups in total. The van der Waals surface area contributed by atoms with Gasteiger partial charge in [0.25, 0.3) is 0 Å². The summed E-state index contributed by atoms with van der Waals surface area (Å²) in [6.07, 6.45) is 0. The van der Waals surface area contributed by atoms with Crippen LogP contribution in [-0.4, -0.2) is 20.0 Å². The summed E-state index contributed by atoms with van der Waals surface area (Å²) in [6.45, 7) is 5.24. The molecule has 5 nitrogen and oxygen atoms in total. The van der Waals surface area contributed by atoms with E-state index in [9.17, 15) is 13.2 Å². The maximum atomic E-state index is 12.8. The number of carbonyl (C=O) groups is 1. The van der Waals surface area contributed by atoms with Crippen LogP contribution in [-0.2, 0) is 25.3 Å². The molecule has 0 saturated carbocycles. The molecule has 1 aromatic heterocycles. The van der Waals surface area contributed by atoms with Crippen LogP contribution in [0.4, 0.5) is 0 Å². The van der Waals surface area contributed by atoms with Crippen LogP contribution in [0.3, 0.4) is 0 Å². The minimum Gasteiger partial charge on any atom is -0.459 e. The lowest BCUT2D eigenvalue weighted by Crippen LogP contribution is -2.38. The van der Waals surface area contributed by atoms with Crippen molar-refractivity contribution in [2.24, 2.45) is 0 Å². The third kappa shape index (κ3) is 5.41. The van der Waals surface area contributed by atoms with Gasteiger partial charge >= 0.3 is 5.97 Å². The maximum absolute atomic E-state index is 12.8. The molecule has 2 aromatic carbocycles. The van der Waals surface area contributed by atoms with E-state index in [4.69, 9.17) is 4.74 Å². The number of esters is 1. The third-order valence-corrected chi connectivity index (χ3v) is 6.15. The monoisotopic (exact) mass is 417 g/mol. The predicted molar refractivity (Wildman–Crippen MR) is 113 cm³/mol. The number of nitrogens with one attached hydrogen (secondary N) is 1. The summed E-state index contributed by atoms with van der Waals surface area (Å²) in [7, 11) is -3.78. The van der Waals surface area contributed by atoms with Gasteiger partial charge in [0.2, 0.25) is 10.0 Å². The van der Waals surface area contributed by atoms with Crippen LogP contribution < -0.4 is 4.72 Å². The molecule has 148 valence electrons. The van der Waals surface area contributed by atoms with E-state index in [1.165, 1.54) is 0 Å². The van der Waals surface area contributed by atoms with Gasteiger partial charge < -0.3 is 4.74 Å². The highest BCUT2D eigenvalue weighted by Crippen LogP contribution is 2.24. The molecule has 28 heavy (non-hydrogen) atoms. The average molecular weight is 418 g/mol. The summed E-state index contributed by atoms with van der Waals surface area (Å²) in [5.74, 6) is -0.846. The second-order valence-corrected chi connectivity index (χ2v) is 10.2. The van der Waals surface area contributed by atoms with Gasteiger partial charge in [0.15, 0.2) is 0 Å². The largest absolute Gasteiger partial charge is 0.459 e. The summed E-state index contributed by atoms with van der Waals surface area (Å²) in [5.41, 5.74) is 0.475. The second-order valence-electron chi connectivity index (χ2n) is 7.55. The molecular weight excluding hydrogens is 394 g/mol. The average Bonchev–Trinajstić information content (AvgIpc) is 3.06. The van der Waals surface area contributed by atoms with Crippen molar-refractivity contribution in [3.05, 3.63) is 71.1 Å². The lowest BCUT2D eigenvalue weighted by Gasteiger charge is -2.24. The number of thiophene rings is 1. The molecule has 3 rings (SSSR count). The molecular formula is C21H23NO4S2. The Morgan fingerprint density at radius 2 is 1.82 bits per heavy atom. The second kappa shape index (κ2) is 8.03. The number of rotatable bonds is 6. The molecule has 0 aliphatic rings. The predicted octanol–water partition coefficient (Wildman–Crippen LogP) is 4.40. The number of fused-ring (bicyclic) bond motifs is 1. The molecule has 7 heteroatoms. The van der Waals surface area contributed by atoms with Crippen LogP contribution in [0.15, 0.2) is 60.0 Å². The number of hydrogen-bond acceptors (Lipinski definition) is 5. The first-order valence-corrected chi connectivity index (χ1v) is 11.4. The SMILES string of the molecule is CC(C)(C)OC(=O)[C@H](NS(=O)(=O)Cc1ccc2sccc2c1)c1ccccc1. The molecule has 0 unspecified atom stereocenters. The van der Waals surface area contributed by atoms with Gasteiger partial charge in [0.1, 0.15) is 11.6 Å². The van der Waals surface area contributed by atoms with Gasteiger partial charge in [0.05, 0.1) is 5.75 Å². The molecule has 3 aromatic rings. The minimum absolute atomic E-state index is 0.217. The van der Waals surface area contributed by atoms with Gasteiger partial charge in [-0.05, 0) is 60.9 Å². The van der Waals surface area contributed by atoms with Gasteiger partial charge in [-0.3, -0.25) is 0 Å². The Bertz CT molecular complexity index is 1070. The van der Waals surface area contributed by atoms with Crippen molar-refractivity contribution in [2.75, 3.05) is 0 Å². The quantitative estimate of drug-likeness (QED) is 0.603. The highest BCUT2D eigenvalue weighted by Gasteiger charge is 2.30. The van der Waals surface area contributed by atoms with Crippen LogP contribution in [0.5, 0.6) is 0 Å². The first kappa shape index (κ1) is 20.5. The Hall–Kier alpha value is -2.22. The zero-order valence-electron chi connectivity index (χ0n) is 16.0. The molecule has 0 saturated heterocycles. The van der Waals surface area contributed by atoms with Crippen molar-refractivity contribution < 1.29 is 17.9 Å². The van der Waals surface area contributed by atoms with Crippen LogP contribution in [0, 0.1) is 0 Å². The topological polar surface area (TPSA) is 72.5 Å². The Morgan fingerprint density at radius 3 is 2.50 bits per heavy atom. The van der Waals surface area contributed by atoms with Crippen LogP contribution >= 0.6 is 11.3 Å². The first-order chi connectivity index (χ1) is 13.1. The van der Waals surface area contributed by atoms with Crippen molar-refractivity contribution in [1.29, 1.82) is 0 Å². The Morgan fingerprint density at radius 1 is 1.11 bits per heavy atom. The Labute approximate surface area is 169 Å². The van der Waals surface area contributed by atoms with E-state index in [1.54, 1.807) is 68.5 Å².